The van der Waals surface area contributed by atoms with Crippen LogP contribution in [0.5, 0.6) is 5.75 Å². The van der Waals surface area contributed by atoms with Gasteiger partial charge in [-0.05, 0) is 18.1 Å². The average Bonchev–Trinajstić information content (AvgIpc) is 3.15. The molecule has 21 heavy (non-hydrogen) atoms. The first-order chi connectivity index (χ1) is 10.3. The Balaban J connectivity index is 1.60. The molecule has 0 radical (unpaired) electrons. The maximum absolute atomic E-state index is 5.75. The Morgan fingerprint density at radius 2 is 2.19 bits per heavy atom. The zero-order valence-corrected chi connectivity index (χ0v) is 11.1. The molecule has 7 nitrogen and oxygen atoms in total. The highest BCUT2D eigenvalue weighted by atomic mass is 16.5. The molecule has 3 heterocycles. The maximum atomic E-state index is 5.75. The lowest BCUT2D eigenvalue weighted by molar-refractivity contribution is 0.254. The van der Waals surface area contributed by atoms with Crippen LogP contribution >= 0.6 is 0 Å². The number of fused-ring (bicyclic) bond motifs is 1. The Hall–Kier alpha value is -2.83. The van der Waals surface area contributed by atoms with Gasteiger partial charge in [0.2, 0.25) is 0 Å². The van der Waals surface area contributed by atoms with Crippen molar-refractivity contribution in [3.05, 3.63) is 41.7 Å². The van der Waals surface area contributed by atoms with E-state index in [0.29, 0.717) is 29.8 Å². The van der Waals surface area contributed by atoms with Gasteiger partial charge in [0.05, 0.1) is 12.5 Å². The molecule has 4 rings (SSSR count). The normalized spacial score (nSPS) is 17.2. The van der Waals surface area contributed by atoms with E-state index in [-0.39, 0.29) is 5.92 Å². The van der Waals surface area contributed by atoms with Crippen molar-refractivity contribution in [3.8, 4) is 17.3 Å². The molecule has 3 aromatic rings. The Morgan fingerprint density at radius 1 is 1.29 bits per heavy atom. The van der Waals surface area contributed by atoms with Crippen LogP contribution in [0.2, 0.25) is 0 Å². The minimum absolute atomic E-state index is 0.0812. The number of aromatic nitrogens is 4. The third kappa shape index (κ3) is 2.12. The summed E-state index contributed by atoms with van der Waals surface area (Å²) >= 11 is 0. The molecule has 0 fully saturated rings. The molecule has 106 valence electrons. The van der Waals surface area contributed by atoms with Crippen LogP contribution in [-0.2, 0) is 6.42 Å². The summed E-state index contributed by atoms with van der Waals surface area (Å²) in [7, 11) is 0. The summed E-state index contributed by atoms with van der Waals surface area (Å²) in [6, 6.07) is 9.65. The smallest absolute Gasteiger partial charge is 0.276 e. The number of hydrogen-bond acceptors (Lipinski definition) is 6. The first-order valence-corrected chi connectivity index (χ1v) is 6.65. The lowest BCUT2D eigenvalue weighted by Crippen LogP contribution is -2.20. The Labute approximate surface area is 120 Å². The van der Waals surface area contributed by atoms with Crippen molar-refractivity contribution >= 4 is 5.82 Å². The van der Waals surface area contributed by atoms with Crippen LogP contribution in [0.3, 0.4) is 0 Å². The number of ether oxygens (including phenoxy) is 1. The van der Waals surface area contributed by atoms with Crippen LogP contribution in [0.25, 0.3) is 11.6 Å². The van der Waals surface area contributed by atoms with Gasteiger partial charge in [-0.2, -0.15) is 10.1 Å². The fourth-order valence-corrected chi connectivity index (χ4v) is 2.45. The lowest BCUT2D eigenvalue weighted by atomic mass is 9.96. The molecular weight excluding hydrogens is 270 g/mol. The summed E-state index contributed by atoms with van der Waals surface area (Å²) in [5.41, 5.74) is 7.34. The molecule has 0 saturated heterocycles. The standard InChI is InChI=1S/C14H13N5O2/c15-12-6-10(17-18-12)14-16-13(19-21-14)9-5-8-3-1-2-4-11(8)20-7-9/h1-4,6,9H,5,7H2,(H3,15,17,18). The Morgan fingerprint density at radius 3 is 3.05 bits per heavy atom. The predicted octanol–water partition coefficient (Wildman–Crippen LogP) is 1.76. The molecule has 2 aromatic heterocycles. The van der Waals surface area contributed by atoms with E-state index in [1.807, 2.05) is 18.2 Å². The minimum Gasteiger partial charge on any atom is -0.493 e. The van der Waals surface area contributed by atoms with Crippen molar-refractivity contribution in [2.75, 3.05) is 12.3 Å². The first kappa shape index (κ1) is 12.0. The quantitative estimate of drug-likeness (QED) is 0.742. The fourth-order valence-electron chi connectivity index (χ4n) is 2.45. The van der Waals surface area contributed by atoms with Crippen molar-refractivity contribution in [1.29, 1.82) is 0 Å². The summed E-state index contributed by atoms with van der Waals surface area (Å²) in [5.74, 6) is 2.41. The molecule has 0 aliphatic carbocycles. The summed E-state index contributed by atoms with van der Waals surface area (Å²) in [5, 5.41) is 10.6. The van der Waals surface area contributed by atoms with E-state index in [0.717, 1.165) is 17.7 Å². The molecule has 7 heteroatoms. The van der Waals surface area contributed by atoms with Crippen molar-refractivity contribution in [2.45, 2.75) is 12.3 Å². The molecule has 1 atom stereocenters. The summed E-state index contributed by atoms with van der Waals surface area (Å²) < 4.78 is 11.0. The van der Waals surface area contributed by atoms with Crippen molar-refractivity contribution in [3.63, 3.8) is 0 Å². The fraction of sp³-hybridized carbons (Fsp3) is 0.214. The van der Waals surface area contributed by atoms with Gasteiger partial charge in [0.1, 0.15) is 17.3 Å². The van der Waals surface area contributed by atoms with E-state index in [2.05, 4.69) is 26.4 Å². The molecule has 1 aliphatic rings. The van der Waals surface area contributed by atoms with Gasteiger partial charge in [0, 0.05) is 6.07 Å². The van der Waals surface area contributed by atoms with Crippen LogP contribution in [0.1, 0.15) is 17.3 Å². The third-order valence-corrected chi connectivity index (χ3v) is 3.51. The first-order valence-electron chi connectivity index (χ1n) is 6.65. The molecule has 0 bridgehead atoms. The van der Waals surface area contributed by atoms with E-state index in [9.17, 15) is 0 Å². The number of nitrogens with one attached hydrogen (secondary N) is 1. The topological polar surface area (TPSA) is 103 Å². The Kier molecular flexibility index (Phi) is 2.63. The highest BCUT2D eigenvalue weighted by molar-refractivity contribution is 5.51. The number of anilines is 1. The monoisotopic (exact) mass is 283 g/mol. The number of aromatic amines is 1. The molecule has 1 aromatic carbocycles. The molecule has 3 N–H and O–H groups in total. The van der Waals surface area contributed by atoms with Gasteiger partial charge in [-0.25, -0.2) is 0 Å². The third-order valence-electron chi connectivity index (χ3n) is 3.51. The van der Waals surface area contributed by atoms with E-state index >= 15 is 0 Å². The zero-order valence-electron chi connectivity index (χ0n) is 11.1. The van der Waals surface area contributed by atoms with Crippen molar-refractivity contribution in [2.24, 2.45) is 0 Å². The van der Waals surface area contributed by atoms with Gasteiger partial charge in [-0.15, -0.1) is 0 Å². The number of nitrogens with zero attached hydrogens (tertiary/aromatic N) is 3. The second kappa shape index (κ2) is 4.62. The number of benzene rings is 1. The number of nitrogen functional groups attached to an aromatic ring is 1. The molecule has 0 amide bonds. The summed E-state index contributed by atoms with van der Waals surface area (Å²) in [6.45, 7) is 0.543. The van der Waals surface area contributed by atoms with Crippen molar-refractivity contribution < 1.29 is 9.26 Å². The van der Waals surface area contributed by atoms with Gasteiger partial charge < -0.3 is 15.0 Å². The number of nitrogens with two attached hydrogens (primary N) is 1. The van der Waals surface area contributed by atoms with E-state index in [4.69, 9.17) is 15.0 Å². The van der Waals surface area contributed by atoms with Crippen LogP contribution in [0, 0.1) is 0 Å². The zero-order chi connectivity index (χ0) is 14.2. The number of rotatable bonds is 2. The van der Waals surface area contributed by atoms with Crippen LogP contribution < -0.4 is 10.5 Å². The lowest BCUT2D eigenvalue weighted by Gasteiger charge is -2.22. The second-order valence-electron chi connectivity index (χ2n) is 4.98. The number of H-pyrrole nitrogens is 1. The largest absolute Gasteiger partial charge is 0.493 e. The summed E-state index contributed by atoms with van der Waals surface area (Å²) in [4.78, 5) is 4.41. The van der Waals surface area contributed by atoms with Gasteiger partial charge in [0.15, 0.2) is 5.82 Å². The SMILES string of the molecule is Nc1cc(-c2nc(C3COc4ccccc4C3)no2)[nH]n1. The average molecular weight is 283 g/mol. The van der Waals surface area contributed by atoms with Gasteiger partial charge >= 0.3 is 0 Å². The van der Waals surface area contributed by atoms with E-state index in [1.54, 1.807) is 6.07 Å². The molecule has 0 saturated carbocycles. The summed E-state index contributed by atoms with van der Waals surface area (Å²) in [6.07, 6.45) is 0.834. The number of para-hydroxylation sites is 1. The molecule has 1 aliphatic heterocycles. The second-order valence-corrected chi connectivity index (χ2v) is 4.98. The molecule has 0 spiro atoms. The van der Waals surface area contributed by atoms with Crippen LogP contribution in [0.4, 0.5) is 5.82 Å². The highest BCUT2D eigenvalue weighted by Crippen LogP contribution is 2.31. The van der Waals surface area contributed by atoms with Crippen molar-refractivity contribution in [1.82, 2.24) is 20.3 Å². The van der Waals surface area contributed by atoms with Gasteiger partial charge in [-0.3, -0.25) is 5.10 Å². The maximum Gasteiger partial charge on any atom is 0.276 e. The minimum atomic E-state index is 0.0812. The van der Waals surface area contributed by atoms with Crippen LogP contribution in [-0.4, -0.2) is 26.9 Å². The van der Waals surface area contributed by atoms with Gasteiger partial charge in [0.25, 0.3) is 5.89 Å². The number of hydrogen-bond donors (Lipinski definition) is 2. The predicted molar refractivity (Wildman–Crippen MR) is 74.7 cm³/mol. The van der Waals surface area contributed by atoms with E-state index in [1.165, 1.54) is 0 Å². The van der Waals surface area contributed by atoms with E-state index < -0.39 is 0 Å². The molecule has 1 unspecified atom stereocenters. The highest BCUT2D eigenvalue weighted by Gasteiger charge is 2.25. The van der Waals surface area contributed by atoms with Crippen LogP contribution in [0.15, 0.2) is 34.9 Å². The molecular formula is C14H13N5O2. The van der Waals surface area contributed by atoms with Gasteiger partial charge in [-0.1, -0.05) is 23.4 Å². The Bertz CT molecular complexity index is 779.